The van der Waals surface area contributed by atoms with E-state index in [1.54, 1.807) is 35.4 Å². The van der Waals surface area contributed by atoms with E-state index in [9.17, 15) is 9.59 Å². The third kappa shape index (κ3) is 4.41. The van der Waals surface area contributed by atoms with Gasteiger partial charge in [-0.15, -0.1) is 0 Å². The van der Waals surface area contributed by atoms with Crippen molar-refractivity contribution in [1.29, 1.82) is 0 Å². The van der Waals surface area contributed by atoms with Crippen LogP contribution in [0.4, 0.5) is 11.4 Å². The van der Waals surface area contributed by atoms with Crippen molar-refractivity contribution in [2.24, 2.45) is 0 Å². The summed E-state index contributed by atoms with van der Waals surface area (Å²) in [6, 6.07) is 8.35. The van der Waals surface area contributed by atoms with Crippen LogP contribution >= 0.6 is 23.2 Å². The molecule has 1 aromatic carbocycles. The molecule has 1 aliphatic heterocycles. The summed E-state index contributed by atoms with van der Waals surface area (Å²) in [5.74, 6) is -0.337. The molecular weight excluding hydrogens is 363 g/mol. The molecule has 8 heteroatoms. The number of carbonyl (C=O) groups is 2. The minimum absolute atomic E-state index is 0.298. The van der Waals surface area contributed by atoms with Gasteiger partial charge in [-0.05, 0) is 30.3 Å². The van der Waals surface area contributed by atoms with Gasteiger partial charge in [-0.1, -0.05) is 23.2 Å². The normalized spacial score (nSPS) is 14.3. The number of nitrogens with zero attached hydrogens (tertiary/aromatic N) is 3. The molecule has 2 heterocycles. The van der Waals surface area contributed by atoms with E-state index in [2.05, 4.69) is 15.2 Å². The zero-order valence-electron chi connectivity index (χ0n) is 13.3. The first-order chi connectivity index (χ1) is 12.0. The number of benzene rings is 1. The van der Waals surface area contributed by atoms with Crippen LogP contribution in [-0.2, 0) is 4.79 Å². The van der Waals surface area contributed by atoms with Crippen molar-refractivity contribution in [1.82, 2.24) is 9.88 Å². The smallest absolute Gasteiger partial charge is 0.274 e. The molecule has 6 nitrogen and oxygen atoms in total. The van der Waals surface area contributed by atoms with E-state index in [0.717, 1.165) is 25.2 Å². The fourth-order valence-corrected chi connectivity index (χ4v) is 3.14. The largest absolute Gasteiger partial charge is 0.367 e. The second-order valence-electron chi connectivity index (χ2n) is 5.64. The van der Waals surface area contributed by atoms with Crippen LogP contribution in [0, 0.1) is 0 Å². The molecule has 0 aliphatic carbocycles. The molecule has 0 atom stereocenters. The lowest BCUT2D eigenvalue weighted by Gasteiger charge is -2.33. The van der Waals surface area contributed by atoms with Crippen LogP contribution in [0.25, 0.3) is 0 Å². The standard InChI is InChI=1S/C17H16Cl2N4O2/c18-12-7-13(19)9-14(8-12)21-17(25)16-2-1-15(10-20-16)23-5-3-22(11-24)4-6-23/h1-2,7-11H,3-6H2,(H,21,25). The van der Waals surface area contributed by atoms with Crippen LogP contribution in [0.5, 0.6) is 0 Å². The summed E-state index contributed by atoms with van der Waals surface area (Å²) in [5, 5.41) is 3.61. The molecule has 2 aromatic rings. The Hall–Kier alpha value is -2.31. The Morgan fingerprint density at radius 2 is 1.76 bits per heavy atom. The van der Waals surface area contributed by atoms with Crippen LogP contribution < -0.4 is 10.2 Å². The van der Waals surface area contributed by atoms with Crippen LogP contribution in [-0.4, -0.2) is 48.4 Å². The summed E-state index contributed by atoms with van der Waals surface area (Å²) in [6.07, 6.45) is 2.53. The number of anilines is 2. The lowest BCUT2D eigenvalue weighted by atomic mass is 10.2. The second-order valence-corrected chi connectivity index (χ2v) is 6.52. The molecule has 130 valence electrons. The minimum Gasteiger partial charge on any atom is -0.367 e. The van der Waals surface area contributed by atoms with Gasteiger partial charge >= 0.3 is 0 Å². The highest BCUT2D eigenvalue weighted by molar-refractivity contribution is 6.35. The fourth-order valence-electron chi connectivity index (χ4n) is 2.61. The maximum absolute atomic E-state index is 12.3. The third-order valence-electron chi connectivity index (χ3n) is 3.93. The number of hydrogen-bond donors (Lipinski definition) is 1. The van der Waals surface area contributed by atoms with Gasteiger partial charge < -0.3 is 15.1 Å². The molecule has 2 amide bonds. The van der Waals surface area contributed by atoms with E-state index in [-0.39, 0.29) is 5.91 Å². The van der Waals surface area contributed by atoms with E-state index >= 15 is 0 Å². The summed E-state index contributed by atoms with van der Waals surface area (Å²) in [4.78, 5) is 31.1. The van der Waals surface area contributed by atoms with Crippen LogP contribution in [0.3, 0.4) is 0 Å². The van der Waals surface area contributed by atoms with Crippen molar-refractivity contribution >= 4 is 46.9 Å². The summed E-state index contributed by atoms with van der Waals surface area (Å²) in [6.45, 7) is 2.85. The van der Waals surface area contributed by atoms with Gasteiger partial charge in [0.2, 0.25) is 6.41 Å². The Bertz CT molecular complexity index is 754. The van der Waals surface area contributed by atoms with E-state index in [4.69, 9.17) is 23.2 Å². The molecule has 0 spiro atoms. The number of rotatable bonds is 4. The molecule has 0 radical (unpaired) electrons. The van der Waals surface area contributed by atoms with Gasteiger partial charge in [0, 0.05) is 41.9 Å². The van der Waals surface area contributed by atoms with E-state index in [1.165, 1.54) is 0 Å². The number of pyridine rings is 1. The zero-order valence-corrected chi connectivity index (χ0v) is 14.8. The van der Waals surface area contributed by atoms with Gasteiger partial charge in [-0.2, -0.15) is 0 Å². The Morgan fingerprint density at radius 1 is 1.08 bits per heavy atom. The molecule has 0 saturated carbocycles. The molecule has 1 aliphatic rings. The van der Waals surface area contributed by atoms with Gasteiger partial charge in [-0.3, -0.25) is 9.59 Å². The van der Waals surface area contributed by atoms with Gasteiger partial charge in [-0.25, -0.2) is 4.98 Å². The Kier molecular flexibility index (Phi) is 5.40. The predicted molar refractivity (Wildman–Crippen MR) is 98.5 cm³/mol. The molecule has 1 saturated heterocycles. The zero-order chi connectivity index (χ0) is 17.8. The maximum atomic E-state index is 12.3. The molecule has 3 rings (SSSR count). The quantitative estimate of drug-likeness (QED) is 0.830. The summed E-state index contributed by atoms with van der Waals surface area (Å²) >= 11 is 11.9. The predicted octanol–water partition coefficient (Wildman–Crippen LogP) is 2.92. The van der Waals surface area contributed by atoms with Crippen LogP contribution in [0.1, 0.15) is 10.5 Å². The van der Waals surface area contributed by atoms with Gasteiger partial charge in [0.05, 0.1) is 11.9 Å². The molecule has 1 aromatic heterocycles. The van der Waals surface area contributed by atoms with E-state index in [0.29, 0.717) is 34.5 Å². The SMILES string of the molecule is O=CN1CCN(c2ccc(C(=O)Nc3cc(Cl)cc(Cl)c3)nc2)CC1. The number of amides is 2. The topological polar surface area (TPSA) is 65.5 Å². The molecular formula is C17H16Cl2N4O2. The van der Waals surface area contributed by atoms with Crippen LogP contribution in [0.2, 0.25) is 10.0 Å². The van der Waals surface area contributed by atoms with Crippen LogP contribution in [0.15, 0.2) is 36.5 Å². The number of halogens is 2. The third-order valence-corrected chi connectivity index (χ3v) is 4.37. The summed E-state index contributed by atoms with van der Waals surface area (Å²) in [5.41, 5.74) is 1.73. The Balaban J connectivity index is 1.65. The monoisotopic (exact) mass is 378 g/mol. The molecule has 25 heavy (non-hydrogen) atoms. The first kappa shape index (κ1) is 17.5. The molecule has 1 N–H and O–H groups in total. The first-order valence-electron chi connectivity index (χ1n) is 7.73. The van der Waals surface area contributed by atoms with Gasteiger partial charge in [0.1, 0.15) is 5.69 Å². The second kappa shape index (κ2) is 7.72. The fraction of sp³-hybridized carbons (Fsp3) is 0.235. The first-order valence-corrected chi connectivity index (χ1v) is 8.48. The van der Waals surface area contributed by atoms with Gasteiger partial charge in [0.15, 0.2) is 0 Å². The van der Waals surface area contributed by atoms with Crippen molar-refractivity contribution < 1.29 is 9.59 Å². The average Bonchev–Trinajstić information content (AvgIpc) is 2.61. The minimum atomic E-state index is -0.337. The van der Waals surface area contributed by atoms with E-state index in [1.807, 2.05) is 6.07 Å². The molecule has 1 fully saturated rings. The Labute approximate surface area is 155 Å². The average molecular weight is 379 g/mol. The van der Waals surface area contributed by atoms with Gasteiger partial charge in [0.25, 0.3) is 5.91 Å². The Morgan fingerprint density at radius 3 is 2.32 bits per heavy atom. The van der Waals surface area contributed by atoms with E-state index < -0.39 is 0 Å². The lowest BCUT2D eigenvalue weighted by Crippen LogP contribution is -2.45. The summed E-state index contributed by atoms with van der Waals surface area (Å²) < 4.78 is 0. The highest BCUT2D eigenvalue weighted by Crippen LogP contribution is 2.23. The van der Waals surface area contributed by atoms with Crippen molar-refractivity contribution in [3.05, 3.63) is 52.3 Å². The van der Waals surface area contributed by atoms with Crippen molar-refractivity contribution in [2.75, 3.05) is 36.4 Å². The molecule has 0 bridgehead atoms. The highest BCUT2D eigenvalue weighted by atomic mass is 35.5. The maximum Gasteiger partial charge on any atom is 0.274 e. The molecule has 0 unspecified atom stereocenters. The number of carbonyl (C=O) groups excluding carboxylic acids is 2. The number of aromatic nitrogens is 1. The van der Waals surface area contributed by atoms with Crippen molar-refractivity contribution in [3.8, 4) is 0 Å². The van der Waals surface area contributed by atoms with Crippen molar-refractivity contribution in [2.45, 2.75) is 0 Å². The summed E-state index contributed by atoms with van der Waals surface area (Å²) in [7, 11) is 0. The number of hydrogen-bond acceptors (Lipinski definition) is 4. The van der Waals surface area contributed by atoms with Crippen molar-refractivity contribution in [3.63, 3.8) is 0 Å². The number of piperazine rings is 1. The number of nitrogens with one attached hydrogen (secondary N) is 1. The lowest BCUT2D eigenvalue weighted by molar-refractivity contribution is -0.118. The highest BCUT2D eigenvalue weighted by Gasteiger charge is 2.16.